The van der Waals surface area contributed by atoms with Crippen LogP contribution in [0.2, 0.25) is 0 Å². The van der Waals surface area contributed by atoms with Crippen LogP contribution < -0.4 is 10.2 Å². The molecular formula is C16H26N2. The Morgan fingerprint density at radius 3 is 2.44 bits per heavy atom. The van der Waals surface area contributed by atoms with Crippen molar-refractivity contribution >= 4 is 5.69 Å². The first-order valence-corrected chi connectivity index (χ1v) is 7.32. The summed E-state index contributed by atoms with van der Waals surface area (Å²) >= 11 is 0. The molecule has 100 valence electrons. The van der Waals surface area contributed by atoms with Gasteiger partial charge >= 0.3 is 0 Å². The largest absolute Gasteiger partial charge is 0.371 e. The standard InChI is InChI=1S/C16H26N2/c1-4-10-17-13(3)15-6-8-16(9-7-15)18-11-14(5-2)12-18/h6-9,13-14,17H,4-5,10-12H2,1-3H3. The molecule has 18 heavy (non-hydrogen) atoms. The normalized spacial score (nSPS) is 17.6. The number of nitrogens with one attached hydrogen (secondary N) is 1. The van der Waals surface area contributed by atoms with Gasteiger partial charge in [-0.3, -0.25) is 0 Å². The number of nitrogens with zero attached hydrogens (tertiary/aromatic N) is 1. The van der Waals surface area contributed by atoms with Gasteiger partial charge in [0, 0.05) is 24.8 Å². The monoisotopic (exact) mass is 246 g/mol. The smallest absolute Gasteiger partial charge is 0.0366 e. The van der Waals surface area contributed by atoms with E-state index in [4.69, 9.17) is 0 Å². The van der Waals surface area contributed by atoms with E-state index in [2.05, 4.69) is 55.3 Å². The third-order valence-corrected chi connectivity index (χ3v) is 3.99. The van der Waals surface area contributed by atoms with E-state index in [9.17, 15) is 0 Å². The molecule has 1 N–H and O–H groups in total. The van der Waals surface area contributed by atoms with E-state index >= 15 is 0 Å². The Balaban J connectivity index is 1.89. The van der Waals surface area contributed by atoms with E-state index < -0.39 is 0 Å². The van der Waals surface area contributed by atoms with Gasteiger partial charge in [-0.25, -0.2) is 0 Å². The van der Waals surface area contributed by atoms with Crippen LogP contribution in [0.5, 0.6) is 0 Å². The molecule has 1 atom stereocenters. The van der Waals surface area contributed by atoms with Crippen LogP contribution in [0.3, 0.4) is 0 Å². The van der Waals surface area contributed by atoms with Crippen LogP contribution in [-0.4, -0.2) is 19.6 Å². The van der Waals surface area contributed by atoms with Gasteiger partial charge < -0.3 is 10.2 Å². The SMILES string of the molecule is CCCNC(C)c1ccc(N2CC(CC)C2)cc1. The zero-order chi connectivity index (χ0) is 13.0. The highest BCUT2D eigenvalue weighted by molar-refractivity contribution is 5.50. The van der Waals surface area contributed by atoms with Crippen molar-refractivity contribution in [2.75, 3.05) is 24.5 Å². The summed E-state index contributed by atoms with van der Waals surface area (Å²) in [6.07, 6.45) is 2.50. The molecule has 2 nitrogen and oxygen atoms in total. The maximum atomic E-state index is 3.53. The summed E-state index contributed by atoms with van der Waals surface area (Å²) in [7, 11) is 0. The van der Waals surface area contributed by atoms with E-state index in [1.165, 1.54) is 37.2 Å². The summed E-state index contributed by atoms with van der Waals surface area (Å²) in [6.45, 7) is 10.3. The number of benzene rings is 1. The molecule has 2 rings (SSSR count). The average molecular weight is 246 g/mol. The summed E-state index contributed by atoms with van der Waals surface area (Å²) in [5, 5.41) is 3.53. The maximum Gasteiger partial charge on any atom is 0.0366 e. The highest BCUT2D eigenvalue weighted by atomic mass is 15.2. The van der Waals surface area contributed by atoms with Crippen LogP contribution in [0.1, 0.15) is 45.2 Å². The second-order valence-corrected chi connectivity index (χ2v) is 5.45. The van der Waals surface area contributed by atoms with Crippen molar-refractivity contribution in [2.45, 2.75) is 39.7 Å². The molecule has 1 aromatic rings. The van der Waals surface area contributed by atoms with Gasteiger partial charge in [0.2, 0.25) is 0 Å². The minimum absolute atomic E-state index is 0.457. The lowest BCUT2D eigenvalue weighted by Gasteiger charge is -2.40. The van der Waals surface area contributed by atoms with Crippen molar-refractivity contribution in [1.29, 1.82) is 0 Å². The molecule has 1 aromatic carbocycles. The van der Waals surface area contributed by atoms with Gasteiger partial charge in [0.15, 0.2) is 0 Å². The van der Waals surface area contributed by atoms with Crippen molar-refractivity contribution in [3.63, 3.8) is 0 Å². The van der Waals surface area contributed by atoms with Crippen molar-refractivity contribution in [3.8, 4) is 0 Å². The zero-order valence-corrected chi connectivity index (χ0v) is 11.9. The van der Waals surface area contributed by atoms with Gasteiger partial charge in [-0.1, -0.05) is 26.0 Å². The van der Waals surface area contributed by atoms with Crippen molar-refractivity contribution < 1.29 is 0 Å². The minimum Gasteiger partial charge on any atom is -0.371 e. The molecule has 1 saturated heterocycles. The van der Waals surface area contributed by atoms with Crippen molar-refractivity contribution in [1.82, 2.24) is 5.32 Å². The van der Waals surface area contributed by atoms with E-state index in [1.54, 1.807) is 0 Å². The molecule has 1 aliphatic rings. The van der Waals surface area contributed by atoms with Gasteiger partial charge in [-0.2, -0.15) is 0 Å². The first-order valence-electron chi connectivity index (χ1n) is 7.32. The number of hydrogen-bond acceptors (Lipinski definition) is 2. The fourth-order valence-electron chi connectivity index (χ4n) is 2.49. The molecule has 0 bridgehead atoms. The minimum atomic E-state index is 0.457. The Kier molecular flexibility index (Phi) is 4.65. The highest BCUT2D eigenvalue weighted by Crippen LogP contribution is 2.27. The molecule has 1 aliphatic heterocycles. The molecular weight excluding hydrogens is 220 g/mol. The molecule has 1 unspecified atom stereocenters. The van der Waals surface area contributed by atoms with Crippen LogP contribution >= 0.6 is 0 Å². The van der Waals surface area contributed by atoms with Crippen LogP contribution in [0.15, 0.2) is 24.3 Å². The molecule has 0 aliphatic carbocycles. The second kappa shape index (κ2) is 6.24. The molecule has 2 heteroatoms. The molecule has 0 saturated carbocycles. The summed E-state index contributed by atoms with van der Waals surface area (Å²) in [5.74, 6) is 0.912. The second-order valence-electron chi connectivity index (χ2n) is 5.45. The van der Waals surface area contributed by atoms with Crippen LogP contribution in [-0.2, 0) is 0 Å². The lowest BCUT2D eigenvalue weighted by atomic mass is 9.96. The highest BCUT2D eigenvalue weighted by Gasteiger charge is 2.24. The summed E-state index contributed by atoms with van der Waals surface area (Å²) < 4.78 is 0. The first-order chi connectivity index (χ1) is 8.74. The predicted octanol–water partition coefficient (Wildman–Crippen LogP) is 3.59. The van der Waals surface area contributed by atoms with E-state index in [-0.39, 0.29) is 0 Å². The summed E-state index contributed by atoms with van der Waals surface area (Å²) in [6, 6.07) is 9.53. The van der Waals surface area contributed by atoms with Crippen molar-refractivity contribution in [2.24, 2.45) is 5.92 Å². The summed E-state index contributed by atoms with van der Waals surface area (Å²) in [5.41, 5.74) is 2.77. The van der Waals surface area contributed by atoms with Crippen LogP contribution in [0, 0.1) is 5.92 Å². The van der Waals surface area contributed by atoms with E-state index in [1.807, 2.05) is 0 Å². The van der Waals surface area contributed by atoms with Gasteiger partial charge in [0.1, 0.15) is 0 Å². The van der Waals surface area contributed by atoms with E-state index in [0.717, 1.165) is 12.5 Å². The average Bonchev–Trinajstić information content (AvgIpc) is 2.35. The lowest BCUT2D eigenvalue weighted by Crippen LogP contribution is -2.46. The molecule has 0 spiro atoms. The Morgan fingerprint density at radius 1 is 1.22 bits per heavy atom. The van der Waals surface area contributed by atoms with Gasteiger partial charge in [-0.05, 0) is 49.9 Å². The van der Waals surface area contributed by atoms with Gasteiger partial charge in [0.05, 0.1) is 0 Å². The third kappa shape index (κ3) is 3.05. The van der Waals surface area contributed by atoms with E-state index in [0.29, 0.717) is 6.04 Å². The molecule has 0 aromatic heterocycles. The maximum absolute atomic E-state index is 3.53. The molecule has 1 heterocycles. The fourth-order valence-corrected chi connectivity index (χ4v) is 2.49. The Bertz CT molecular complexity index is 328. The molecule has 1 fully saturated rings. The van der Waals surface area contributed by atoms with Crippen molar-refractivity contribution in [3.05, 3.63) is 29.8 Å². The molecule has 0 radical (unpaired) electrons. The lowest BCUT2D eigenvalue weighted by molar-refractivity contribution is 0.399. The Labute approximate surface area is 111 Å². The Hall–Kier alpha value is -1.02. The number of rotatable bonds is 6. The zero-order valence-electron chi connectivity index (χ0n) is 11.9. The first kappa shape index (κ1) is 13.4. The van der Waals surface area contributed by atoms with Crippen LogP contribution in [0.25, 0.3) is 0 Å². The predicted molar refractivity (Wildman–Crippen MR) is 79.1 cm³/mol. The number of anilines is 1. The topological polar surface area (TPSA) is 15.3 Å². The third-order valence-electron chi connectivity index (χ3n) is 3.99. The van der Waals surface area contributed by atoms with Crippen LogP contribution in [0.4, 0.5) is 5.69 Å². The Morgan fingerprint density at radius 2 is 1.89 bits per heavy atom. The summed E-state index contributed by atoms with van der Waals surface area (Å²) in [4.78, 5) is 2.47. The van der Waals surface area contributed by atoms with Gasteiger partial charge in [0.25, 0.3) is 0 Å². The molecule has 0 amide bonds. The fraction of sp³-hybridized carbons (Fsp3) is 0.625. The van der Waals surface area contributed by atoms with Gasteiger partial charge in [-0.15, -0.1) is 0 Å². The quantitative estimate of drug-likeness (QED) is 0.825. The number of hydrogen-bond donors (Lipinski definition) is 1.